The number of nitrogens with one attached hydrogen (secondary N) is 2. The maximum absolute atomic E-state index is 12.4. The Morgan fingerprint density at radius 2 is 1.74 bits per heavy atom. The van der Waals surface area contributed by atoms with Gasteiger partial charge in [-0.25, -0.2) is 0 Å². The molecule has 5 heteroatoms. The fourth-order valence-electron chi connectivity index (χ4n) is 1.78. The lowest BCUT2D eigenvalue weighted by molar-refractivity contribution is -0.137. The Morgan fingerprint density at radius 1 is 1.16 bits per heavy atom. The summed E-state index contributed by atoms with van der Waals surface area (Å²) in [7, 11) is 1.85. The summed E-state index contributed by atoms with van der Waals surface area (Å²) in [6, 6.07) is 5.20. The van der Waals surface area contributed by atoms with Crippen LogP contribution in [0.25, 0.3) is 0 Å². The summed E-state index contributed by atoms with van der Waals surface area (Å²) >= 11 is 0. The Balaban J connectivity index is 2.67. The molecule has 0 atom stereocenters. The van der Waals surface area contributed by atoms with Crippen LogP contribution in [0.5, 0.6) is 0 Å². The lowest BCUT2D eigenvalue weighted by Gasteiger charge is -2.13. The second-order valence-electron chi connectivity index (χ2n) is 4.26. The Labute approximate surface area is 111 Å². The van der Waals surface area contributed by atoms with Crippen molar-refractivity contribution in [3.63, 3.8) is 0 Å². The van der Waals surface area contributed by atoms with Crippen molar-refractivity contribution in [2.75, 3.05) is 7.05 Å². The zero-order valence-electron chi connectivity index (χ0n) is 11.4. The van der Waals surface area contributed by atoms with Crippen molar-refractivity contribution < 1.29 is 13.2 Å². The van der Waals surface area contributed by atoms with Crippen LogP contribution in [0.2, 0.25) is 0 Å². The SMILES string of the molecule is CC/C(NC)=C(\C)NCc1ccc(C(F)(F)F)cc1. The lowest BCUT2D eigenvalue weighted by atomic mass is 10.1. The number of alkyl halides is 3. The standard InChI is InChI=1S/C14H19F3N2/c1-4-13(18-3)10(2)19-9-11-5-7-12(8-6-11)14(15,16)17/h5-8,18-19H,4,9H2,1-3H3/b13-10-. The number of hydrogen-bond donors (Lipinski definition) is 2. The molecule has 0 aliphatic carbocycles. The fourth-order valence-corrected chi connectivity index (χ4v) is 1.78. The van der Waals surface area contributed by atoms with Crippen molar-refractivity contribution >= 4 is 0 Å². The molecular weight excluding hydrogens is 253 g/mol. The molecule has 0 aliphatic heterocycles. The van der Waals surface area contributed by atoms with Gasteiger partial charge < -0.3 is 10.6 Å². The Morgan fingerprint density at radius 3 is 2.16 bits per heavy atom. The normalized spacial score (nSPS) is 12.9. The Hall–Kier alpha value is -1.65. The van der Waals surface area contributed by atoms with E-state index in [4.69, 9.17) is 0 Å². The predicted molar refractivity (Wildman–Crippen MR) is 70.3 cm³/mol. The number of benzene rings is 1. The number of rotatable bonds is 5. The van der Waals surface area contributed by atoms with Gasteiger partial charge in [0.1, 0.15) is 0 Å². The molecule has 1 aromatic carbocycles. The third-order valence-corrected chi connectivity index (χ3v) is 2.95. The summed E-state index contributed by atoms with van der Waals surface area (Å²) in [6.07, 6.45) is -3.40. The molecule has 19 heavy (non-hydrogen) atoms. The van der Waals surface area contributed by atoms with Gasteiger partial charge in [-0.15, -0.1) is 0 Å². The maximum Gasteiger partial charge on any atom is 0.416 e. The number of allylic oxidation sites excluding steroid dienone is 2. The summed E-state index contributed by atoms with van der Waals surface area (Å²) in [5, 5.41) is 6.28. The minimum Gasteiger partial charge on any atom is -0.390 e. The summed E-state index contributed by atoms with van der Waals surface area (Å²) in [5.41, 5.74) is 2.30. The van der Waals surface area contributed by atoms with Gasteiger partial charge in [0, 0.05) is 25.0 Å². The van der Waals surface area contributed by atoms with Crippen LogP contribution in [0.4, 0.5) is 13.2 Å². The highest BCUT2D eigenvalue weighted by atomic mass is 19.4. The zero-order chi connectivity index (χ0) is 14.5. The van der Waals surface area contributed by atoms with E-state index in [1.807, 2.05) is 20.9 Å². The van der Waals surface area contributed by atoms with Crippen LogP contribution in [0.15, 0.2) is 35.7 Å². The minimum atomic E-state index is -4.27. The van der Waals surface area contributed by atoms with Gasteiger partial charge in [-0.05, 0) is 31.0 Å². The van der Waals surface area contributed by atoms with Crippen LogP contribution >= 0.6 is 0 Å². The smallest absolute Gasteiger partial charge is 0.390 e. The van der Waals surface area contributed by atoms with Crippen molar-refractivity contribution in [2.24, 2.45) is 0 Å². The van der Waals surface area contributed by atoms with Crippen LogP contribution < -0.4 is 10.6 Å². The minimum absolute atomic E-state index is 0.509. The van der Waals surface area contributed by atoms with E-state index in [-0.39, 0.29) is 0 Å². The van der Waals surface area contributed by atoms with Gasteiger partial charge in [0.05, 0.1) is 5.56 Å². The number of hydrogen-bond acceptors (Lipinski definition) is 2. The molecule has 106 valence electrons. The molecule has 0 aromatic heterocycles. The molecule has 0 saturated carbocycles. The third-order valence-electron chi connectivity index (χ3n) is 2.95. The molecule has 0 bridgehead atoms. The molecule has 0 saturated heterocycles. The molecule has 2 nitrogen and oxygen atoms in total. The predicted octanol–water partition coefficient (Wildman–Crippen LogP) is 3.66. The van der Waals surface area contributed by atoms with Gasteiger partial charge in [0.2, 0.25) is 0 Å². The van der Waals surface area contributed by atoms with E-state index in [2.05, 4.69) is 10.6 Å². The van der Waals surface area contributed by atoms with E-state index >= 15 is 0 Å². The van der Waals surface area contributed by atoms with E-state index in [0.29, 0.717) is 6.54 Å². The average Bonchev–Trinajstić information content (AvgIpc) is 2.37. The van der Waals surface area contributed by atoms with Crippen molar-refractivity contribution in [3.8, 4) is 0 Å². The first-order chi connectivity index (χ1) is 8.88. The summed E-state index contributed by atoms with van der Waals surface area (Å²) < 4.78 is 37.2. The fraction of sp³-hybridized carbons (Fsp3) is 0.429. The number of halogens is 3. The largest absolute Gasteiger partial charge is 0.416 e. The first-order valence-electron chi connectivity index (χ1n) is 6.16. The van der Waals surface area contributed by atoms with Crippen LogP contribution in [-0.4, -0.2) is 7.05 Å². The molecule has 0 heterocycles. The monoisotopic (exact) mass is 272 g/mol. The second-order valence-corrected chi connectivity index (χ2v) is 4.26. The topological polar surface area (TPSA) is 24.1 Å². The van der Waals surface area contributed by atoms with Crippen LogP contribution in [0.3, 0.4) is 0 Å². The summed E-state index contributed by atoms with van der Waals surface area (Å²) in [6.45, 7) is 4.49. The van der Waals surface area contributed by atoms with E-state index in [0.717, 1.165) is 35.5 Å². The maximum atomic E-state index is 12.4. The van der Waals surface area contributed by atoms with Crippen LogP contribution in [0, 0.1) is 0 Å². The highest BCUT2D eigenvalue weighted by molar-refractivity contribution is 5.25. The second kappa shape index (κ2) is 6.50. The summed E-state index contributed by atoms with van der Waals surface area (Å²) in [5.74, 6) is 0. The molecule has 0 radical (unpaired) electrons. The van der Waals surface area contributed by atoms with E-state index in [9.17, 15) is 13.2 Å². The first kappa shape index (κ1) is 15.4. The van der Waals surface area contributed by atoms with Gasteiger partial charge in [-0.2, -0.15) is 13.2 Å². The van der Waals surface area contributed by atoms with Gasteiger partial charge in [0.25, 0.3) is 0 Å². The van der Waals surface area contributed by atoms with Crippen LogP contribution in [0.1, 0.15) is 31.4 Å². The lowest BCUT2D eigenvalue weighted by Crippen LogP contribution is -2.18. The summed E-state index contributed by atoms with van der Waals surface area (Å²) in [4.78, 5) is 0. The average molecular weight is 272 g/mol. The van der Waals surface area contributed by atoms with Crippen LogP contribution in [-0.2, 0) is 12.7 Å². The molecule has 1 rings (SSSR count). The molecule has 1 aromatic rings. The molecular formula is C14H19F3N2. The first-order valence-corrected chi connectivity index (χ1v) is 6.16. The van der Waals surface area contributed by atoms with Crippen molar-refractivity contribution in [1.82, 2.24) is 10.6 Å². The quantitative estimate of drug-likeness (QED) is 0.855. The van der Waals surface area contributed by atoms with Gasteiger partial charge >= 0.3 is 6.18 Å². The zero-order valence-corrected chi connectivity index (χ0v) is 11.4. The molecule has 0 aliphatic rings. The van der Waals surface area contributed by atoms with E-state index < -0.39 is 11.7 Å². The van der Waals surface area contributed by atoms with Gasteiger partial charge in [0.15, 0.2) is 0 Å². The van der Waals surface area contributed by atoms with Crippen molar-refractivity contribution in [2.45, 2.75) is 33.0 Å². The van der Waals surface area contributed by atoms with E-state index in [1.54, 1.807) is 0 Å². The third kappa shape index (κ3) is 4.50. The molecule has 0 unspecified atom stereocenters. The van der Waals surface area contributed by atoms with Crippen molar-refractivity contribution in [3.05, 3.63) is 46.8 Å². The van der Waals surface area contributed by atoms with Gasteiger partial charge in [-0.1, -0.05) is 19.1 Å². The highest BCUT2D eigenvalue weighted by Crippen LogP contribution is 2.29. The molecule has 0 spiro atoms. The van der Waals surface area contributed by atoms with E-state index in [1.165, 1.54) is 12.1 Å². The highest BCUT2D eigenvalue weighted by Gasteiger charge is 2.29. The Bertz CT molecular complexity index is 427. The van der Waals surface area contributed by atoms with Gasteiger partial charge in [-0.3, -0.25) is 0 Å². The molecule has 0 fully saturated rings. The molecule has 0 amide bonds. The Kier molecular flexibility index (Phi) is 5.27. The van der Waals surface area contributed by atoms with Crippen molar-refractivity contribution in [1.29, 1.82) is 0 Å². The molecule has 2 N–H and O–H groups in total.